The molecular weight excluding hydrogens is 388 g/mol. The van der Waals surface area contributed by atoms with E-state index in [1.165, 1.54) is 0 Å². The van der Waals surface area contributed by atoms with Gasteiger partial charge in [0, 0.05) is 11.3 Å². The van der Waals surface area contributed by atoms with Gasteiger partial charge in [0.1, 0.15) is 5.75 Å². The molecule has 0 saturated carbocycles. The van der Waals surface area contributed by atoms with Crippen LogP contribution in [0.2, 0.25) is 0 Å². The standard InChI is InChI=1S/C17H13BrN4OS/c1-23-15-8-7-12(9-13(15)18)16-19-20-17-22(16)21-14(10-24-17)11-5-3-2-4-6-11/h2-9H,10H2,1H3. The number of hydrogen-bond donors (Lipinski definition) is 0. The molecule has 1 aliphatic rings. The maximum absolute atomic E-state index is 5.28. The third kappa shape index (κ3) is 2.74. The van der Waals surface area contributed by atoms with Crippen molar-refractivity contribution < 1.29 is 4.74 Å². The molecule has 0 radical (unpaired) electrons. The van der Waals surface area contributed by atoms with E-state index in [0.29, 0.717) is 5.82 Å². The van der Waals surface area contributed by atoms with Crippen LogP contribution >= 0.6 is 27.7 Å². The second-order valence-electron chi connectivity index (χ2n) is 5.17. The van der Waals surface area contributed by atoms with Crippen LogP contribution in [0.5, 0.6) is 5.75 Å². The normalized spacial score (nSPS) is 13.3. The van der Waals surface area contributed by atoms with Crippen molar-refractivity contribution in [1.82, 2.24) is 14.9 Å². The van der Waals surface area contributed by atoms with Crippen LogP contribution in [0.1, 0.15) is 5.56 Å². The van der Waals surface area contributed by atoms with Crippen molar-refractivity contribution in [3.63, 3.8) is 0 Å². The van der Waals surface area contributed by atoms with Crippen LogP contribution in [-0.2, 0) is 0 Å². The SMILES string of the molecule is COc1ccc(-c2nnc3n2N=C(c2ccccc2)CS3)cc1Br. The Morgan fingerprint density at radius 1 is 1.08 bits per heavy atom. The van der Waals surface area contributed by atoms with Gasteiger partial charge in [-0.1, -0.05) is 42.1 Å². The van der Waals surface area contributed by atoms with E-state index in [2.05, 4.69) is 38.3 Å². The van der Waals surface area contributed by atoms with E-state index in [1.807, 2.05) is 41.1 Å². The van der Waals surface area contributed by atoms with Crippen LogP contribution in [0.25, 0.3) is 11.4 Å². The molecule has 2 heterocycles. The highest BCUT2D eigenvalue weighted by atomic mass is 79.9. The highest BCUT2D eigenvalue weighted by Crippen LogP contribution is 2.32. The summed E-state index contributed by atoms with van der Waals surface area (Å²) in [7, 11) is 1.64. The maximum atomic E-state index is 5.28. The molecule has 0 amide bonds. The van der Waals surface area contributed by atoms with Crippen LogP contribution in [0, 0.1) is 0 Å². The zero-order valence-corrected chi connectivity index (χ0v) is 15.2. The van der Waals surface area contributed by atoms with E-state index in [9.17, 15) is 0 Å². The molecule has 0 aliphatic carbocycles. The lowest BCUT2D eigenvalue weighted by Gasteiger charge is -2.14. The van der Waals surface area contributed by atoms with Gasteiger partial charge < -0.3 is 4.74 Å². The minimum atomic E-state index is 0.717. The largest absolute Gasteiger partial charge is 0.496 e. The van der Waals surface area contributed by atoms with Gasteiger partial charge in [0.2, 0.25) is 5.16 Å². The Morgan fingerprint density at radius 3 is 2.67 bits per heavy atom. The van der Waals surface area contributed by atoms with Crippen LogP contribution in [0.15, 0.2) is 63.3 Å². The first-order valence-electron chi connectivity index (χ1n) is 7.31. The Morgan fingerprint density at radius 2 is 1.92 bits per heavy atom. The summed E-state index contributed by atoms with van der Waals surface area (Å²) in [5.74, 6) is 2.28. The van der Waals surface area contributed by atoms with Crippen LogP contribution in [0.3, 0.4) is 0 Å². The molecule has 0 fully saturated rings. The predicted molar refractivity (Wildman–Crippen MR) is 98.8 cm³/mol. The minimum absolute atomic E-state index is 0.717. The molecule has 3 aromatic rings. The second-order valence-corrected chi connectivity index (χ2v) is 6.97. The van der Waals surface area contributed by atoms with E-state index in [0.717, 1.165) is 38.0 Å². The number of benzene rings is 2. The number of nitrogens with zero attached hydrogens (tertiary/aromatic N) is 4. The van der Waals surface area contributed by atoms with Crippen LogP contribution in [-0.4, -0.2) is 33.4 Å². The van der Waals surface area contributed by atoms with Gasteiger partial charge in [-0.25, -0.2) is 0 Å². The summed E-state index contributed by atoms with van der Waals surface area (Å²) in [5.41, 5.74) is 3.06. The molecule has 0 atom stereocenters. The van der Waals surface area contributed by atoms with Gasteiger partial charge >= 0.3 is 0 Å². The average molecular weight is 401 g/mol. The molecule has 24 heavy (non-hydrogen) atoms. The van der Waals surface area contributed by atoms with Gasteiger partial charge in [-0.2, -0.15) is 9.78 Å². The smallest absolute Gasteiger partial charge is 0.212 e. The van der Waals surface area contributed by atoms with Crippen molar-refractivity contribution in [2.45, 2.75) is 5.16 Å². The topological polar surface area (TPSA) is 52.3 Å². The summed E-state index contributed by atoms with van der Waals surface area (Å²) >= 11 is 5.16. The number of ether oxygens (including phenoxy) is 1. The molecular formula is C17H13BrN4OS. The van der Waals surface area contributed by atoms with E-state index < -0.39 is 0 Å². The summed E-state index contributed by atoms with van der Waals surface area (Å²) in [6.07, 6.45) is 0. The number of halogens is 1. The first kappa shape index (κ1) is 15.4. The molecule has 0 spiro atoms. The number of rotatable bonds is 3. The number of thioether (sulfide) groups is 1. The minimum Gasteiger partial charge on any atom is -0.496 e. The number of methoxy groups -OCH3 is 1. The van der Waals surface area contributed by atoms with Crippen molar-refractivity contribution in [2.75, 3.05) is 12.9 Å². The zero-order chi connectivity index (χ0) is 16.5. The van der Waals surface area contributed by atoms with Crippen molar-refractivity contribution in [1.29, 1.82) is 0 Å². The number of fused-ring (bicyclic) bond motifs is 1. The molecule has 2 aromatic carbocycles. The summed E-state index contributed by atoms with van der Waals surface area (Å²) in [6.45, 7) is 0. The molecule has 0 saturated heterocycles. The van der Waals surface area contributed by atoms with Gasteiger partial charge in [-0.15, -0.1) is 10.2 Å². The third-order valence-corrected chi connectivity index (χ3v) is 5.24. The highest BCUT2D eigenvalue weighted by molar-refractivity contribution is 9.10. The lowest BCUT2D eigenvalue weighted by atomic mass is 10.1. The fourth-order valence-corrected chi connectivity index (χ4v) is 3.86. The summed E-state index contributed by atoms with van der Waals surface area (Å²) < 4.78 is 7.96. The number of aromatic nitrogens is 3. The van der Waals surface area contributed by atoms with Gasteiger partial charge in [0.25, 0.3) is 0 Å². The van der Waals surface area contributed by atoms with Gasteiger partial charge in [-0.05, 0) is 39.7 Å². The Balaban J connectivity index is 1.78. The van der Waals surface area contributed by atoms with Crippen LogP contribution in [0.4, 0.5) is 0 Å². The molecule has 0 N–H and O–H groups in total. The summed E-state index contributed by atoms with van der Waals surface area (Å²) in [6, 6.07) is 16.0. The Labute approximate surface area is 151 Å². The lowest BCUT2D eigenvalue weighted by molar-refractivity contribution is 0.412. The average Bonchev–Trinajstić information content (AvgIpc) is 3.05. The molecule has 1 aliphatic heterocycles. The Hall–Kier alpha value is -2.12. The molecule has 1 aromatic heterocycles. The Kier molecular flexibility index (Phi) is 4.12. The van der Waals surface area contributed by atoms with Crippen molar-refractivity contribution >= 4 is 33.4 Å². The first-order valence-corrected chi connectivity index (χ1v) is 9.09. The summed E-state index contributed by atoms with van der Waals surface area (Å²) in [4.78, 5) is 0. The molecule has 5 nitrogen and oxygen atoms in total. The predicted octanol–water partition coefficient (Wildman–Crippen LogP) is 4.07. The Bertz CT molecular complexity index is 924. The maximum Gasteiger partial charge on any atom is 0.212 e. The van der Waals surface area contributed by atoms with Crippen molar-refractivity contribution in [3.8, 4) is 17.1 Å². The van der Waals surface area contributed by atoms with Gasteiger partial charge in [0.15, 0.2) is 5.82 Å². The highest BCUT2D eigenvalue weighted by Gasteiger charge is 2.21. The number of hydrogen-bond acceptors (Lipinski definition) is 5. The fraction of sp³-hybridized carbons (Fsp3) is 0.118. The lowest BCUT2D eigenvalue weighted by Crippen LogP contribution is -2.13. The van der Waals surface area contributed by atoms with E-state index in [4.69, 9.17) is 9.84 Å². The van der Waals surface area contributed by atoms with Gasteiger partial charge in [-0.3, -0.25) is 0 Å². The van der Waals surface area contributed by atoms with Crippen molar-refractivity contribution in [3.05, 3.63) is 58.6 Å². The van der Waals surface area contributed by atoms with E-state index >= 15 is 0 Å². The summed E-state index contributed by atoms with van der Waals surface area (Å²) in [5, 5.41) is 14.1. The van der Waals surface area contributed by atoms with E-state index in [-0.39, 0.29) is 0 Å². The molecule has 4 rings (SSSR count). The monoisotopic (exact) mass is 400 g/mol. The quantitative estimate of drug-likeness (QED) is 0.664. The molecule has 120 valence electrons. The zero-order valence-electron chi connectivity index (χ0n) is 12.8. The second kappa shape index (κ2) is 6.41. The molecule has 7 heteroatoms. The fourth-order valence-electron chi connectivity index (χ4n) is 2.49. The molecule has 0 unspecified atom stereocenters. The van der Waals surface area contributed by atoms with E-state index in [1.54, 1.807) is 18.9 Å². The van der Waals surface area contributed by atoms with Gasteiger partial charge in [0.05, 0.1) is 17.3 Å². The van der Waals surface area contributed by atoms with Crippen LogP contribution < -0.4 is 4.74 Å². The third-order valence-electron chi connectivity index (χ3n) is 3.69. The van der Waals surface area contributed by atoms with Crippen molar-refractivity contribution in [2.24, 2.45) is 5.10 Å². The first-order chi connectivity index (χ1) is 11.8. The molecule has 0 bridgehead atoms.